The van der Waals surface area contributed by atoms with Crippen LogP contribution in [0.2, 0.25) is 0 Å². The smallest absolute Gasteiger partial charge is 0.210 e. The second-order valence-electron chi connectivity index (χ2n) is 0.365. The minimum absolute atomic E-state index is 1.10. The molecule has 0 aromatic carbocycles. The van der Waals surface area contributed by atoms with Crippen LogP contribution in [0, 0.1) is 0 Å². The maximum atomic E-state index is 9.09. The highest BCUT2D eigenvalue weighted by atomic mass is 32.2. The molecule has 5 heavy (non-hydrogen) atoms. The molecule has 0 aromatic heterocycles. The quantitative estimate of drug-likeness (QED) is 0.267. The Labute approximate surface area is 34.4 Å². The van der Waals surface area contributed by atoms with Crippen molar-refractivity contribution < 1.29 is 4.79 Å². The molecule has 0 aromatic rings. The zero-order valence-corrected chi connectivity index (χ0v) is 3.58. The van der Waals surface area contributed by atoms with E-state index in [1.807, 2.05) is 0 Å². The lowest BCUT2D eigenvalue weighted by molar-refractivity contribution is 0.566. The van der Waals surface area contributed by atoms with Crippen molar-refractivity contribution >= 4 is 18.0 Å². The van der Waals surface area contributed by atoms with Gasteiger partial charge in [0, 0.05) is 6.26 Å². The van der Waals surface area contributed by atoms with E-state index in [9.17, 15) is 0 Å². The first-order chi connectivity index (χ1) is 2.41. The molecule has 0 bridgehead atoms. The highest BCUT2D eigenvalue weighted by Crippen LogP contribution is 1.85. The molecule has 0 N–H and O–H groups in total. The monoisotopic (exact) mass is 89.0 g/mol. The third-order valence-corrected chi connectivity index (χ3v) is 0.386. The van der Waals surface area contributed by atoms with Crippen LogP contribution in [0.4, 0.5) is 0 Å². The standard InChI is InChI=1S/C2H3NOS/c1-5-3-2-4/h1H3. The Kier molecular flexibility index (Phi) is 3.53. The summed E-state index contributed by atoms with van der Waals surface area (Å²) in [7, 11) is 0. The molecule has 3 heteroatoms. The largest absolute Gasteiger partial charge is 0.247 e. The molecule has 0 atom stereocenters. The molecule has 0 saturated heterocycles. The second kappa shape index (κ2) is 3.73. The summed E-state index contributed by atoms with van der Waals surface area (Å²) in [5, 5.41) is 0. The van der Waals surface area contributed by atoms with E-state index < -0.39 is 0 Å². The fourth-order valence-corrected chi connectivity index (χ4v) is 0.112. The summed E-state index contributed by atoms with van der Waals surface area (Å²) in [4.78, 5) is 9.09. The Morgan fingerprint density at radius 1 is 2.00 bits per heavy atom. The van der Waals surface area contributed by atoms with Crippen LogP contribution in [-0.4, -0.2) is 12.3 Å². The minimum Gasteiger partial charge on any atom is -0.210 e. The van der Waals surface area contributed by atoms with Gasteiger partial charge < -0.3 is 0 Å². The molecule has 2 nitrogen and oxygen atoms in total. The maximum absolute atomic E-state index is 9.09. The predicted molar refractivity (Wildman–Crippen MR) is 21.6 cm³/mol. The van der Waals surface area contributed by atoms with Crippen LogP contribution in [0.15, 0.2) is 4.40 Å². The van der Waals surface area contributed by atoms with Crippen molar-refractivity contribution in [2.75, 3.05) is 6.26 Å². The van der Waals surface area contributed by atoms with Crippen molar-refractivity contribution in [2.24, 2.45) is 4.40 Å². The van der Waals surface area contributed by atoms with Gasteiger partial charge in [-0.3, -0.25) is 0 Å². The van der Waals surface area contributed by atoms with Gasteiger partial charge in [0.25, 0.3) is 0 Å². The first-order valence-electron chi connectivity index (χ1n) is 1.02. The third-order valence-electron chi connectivity index (χ3n) is 0.129. The molecule has 28 valence electrons. The highest BCUT2D eigenvalue weighted by molar-refractivity contribution is 7.97. The molecule has 0 aliphatic heterocycles. The van der Waals surface area contributed by atoms with Gasteiger partial charge in [-0.05, 0) is 11.9 Å². The third kappa shape index (κ3) is 3.73. The number of rotatable bonds is 1. The lowest BCUT2D eigenvalue weighted by atomic mass is 11.7. The van der Waals surface area contributed by atoms with Gasteiger partial charge in [0.1, 0.15) is 0 Å². The van der Waals surface area contributed by atoms with E-state index in [0.717, 1.165) is 11.9 Å². The van der Waals surface area contributed by atoms with E-state index in [1.165, 1.54) is 6.08 Å². The lowest BCUT2D eigenvalue weighted by Gasteiger charge is -1.57. The van der Waals surface area contributed by atoms with Gasteiger partial charge in [0.05, 0.1) is 0 Å². The van der Waals surface area contributed by atoms with Crippen LogP contribution in [0.1, 0.15) is 0 Å². The van der Waals surface area contributed by atoms with Crippen LogP contribution < -0.4 is 0 Å². The van der Waals surface area contributed by atoms with E-state index in [-0.39, 0.29) is 0 Å². The molecule has 0 saturated carbocycles. The Morgan fingerprint density at radius 3 is 2.60 bits per heavy atom. The first-order valence-corrected chi connectivity index (χ1v) is 2.20. The van der Waals surface area contributed by atoms with Gasteiger partial charge >= 0.3 is 0 Å². The molecule has 0 unspecified atom stereocenters. The number of hydrogen-bond acceptors (Lipinski definition) is 3. The fourth-order valence-electron chi connectivity index (χ4n) is 0.0373. The van der Waals surface area contributed by atoms with Crippen molar-refractivity contribution in [2.45, 2.75) is 0 Å². The SMILES string of the molecule is CSN=C=O. The van der Waals surface area contributed by atoms with Gasteiger partial charge in [0.15, 0.2) is 0 Å². The van der Waals surface area contributed by atoms with Crippen LogP contribution >= 0.6 is 11.9 Å². The summed E-state index contributed by atoms with van der Waals surface area (Å²) in [6.07, 6.45) is 3.05. The normalized spacial score (nSPS) is 5.80. The predicted octanol–water partition coefficient (Wildman–Crippen LogP) is 0.600. The zero-order valence-electron chi connectivity index (χ0n) is 2.76. The lowest BCUT2D eigenvalue weighted by Crippen LogP contribution is -1.38. The number of isocyanates is 1. The molecular formula is C2H3NOS. The molecule has 0 radical (unpaired) electrons. The summed E-state index contributed by atoms with van der Waals surface area (Å²) >= 11 is 1.10. The van der Waals surface area contributed by atoms with Crippen LogP contribution in [0.25, 0.3) is 0 Å². The Balaban J connectivity index is 2.93. The number of nitrogens with zero attached hydrogens (tertiary/aromatic N) is 1. The van der Waals surface area contributed by atoms with E-state index in [0.29, 0.717) is 0 Å². The molecule has 0 rings (SSSR count). The average molecular weight is 89.1 g/mol. The Hall–Kier alpha value is -0.270. The zero-order chi connectivity index (χ0) is 4.12. The maximum Gasteiger partial charge on any atom is 0.247 e. The van der Waals surface area contributed by atoms with Crippen molar-refractivity contribution in [3.63, 3.8) is 0 Å². The summed E-state index contributed by atoms with van der Waals surface area (Å²) in [5.74, 6) is 0. The Bertz CT molecular complexity index is 56.7. The van der Waals surface area contributed by atoms with Gasteiger partial charge in [-0.2, -0.15) is 0 Å². The Morgan fingerprint density at radius 2 is 2.60 bits per heavy atom. The number of hydrogen-bond donors (Lipinski definition) is 0. The van der Waals surface area contributed by atoms with Crippen molar-refractivity contribution in [3.8, 4) is 0 Å². The molecule has 0 spiro atoms. The van der Waals surface area contributed by atoms with Crippen molar-refractivity contribution in [3.05, 3.63) is 0 Å². The fraction of sp³-hybridized carbons (Fsp3) is 0.500. The van der Waals surface area contributed by atoms with Gasteiger partial charge in [-0.25, -0.2) is 4.79 Å². The van der Waals surface area contributed by atoms with Crippen molar-refractivity contribution in [1.82, 2.24) is 0 Å². The van der Waals surface area contributed by atoms with E-state index in [4.69, 9.17) is 4.79 Å². The summed E-state index contributed by atoms with van der Waals surface area (Å²) in [5.41, 5.74) is 0. The topological polar surface area (TPSA) is 29.4 Å². The molecule has 0 amide bonds. The van der Waals surface area contributed by atoms with Gasteiger partial charge in [-0.15, -0.1) is 4.40 Å². The molecular weight excluding hydrogens is 86.1 g/mol. The summed E-state index contributed by atoms with van der Waals surface area (Å²) in [6.45, 7) is 0. The highest BCUT2D eigenvalue weighted by Gasteiger charge is 1.52. The van der Waals surface area contributed by atoms with E-state index in [2.05, 4.69) is 4.40 Å². The first kappa shape index (κ1) is 4.73. The van der Waals surface area contributed by atoms with E-state index >= 15 is 0 Å². The minimum atomic E-state index is 1.10. The summed E-state index contributed by atoms with van der Waals surface area (Å²) in [6, 6.07) is 0. The average Bonchev–Trinajstić information content (AvgIpc) is 1.41. The molecule has 0 aliphatic rings. The van der Waals surface area contributed by atoms with Gasteiger partial charge in [-0.1, -0.05) is 0 Å². The van der Waals surface area contributed by atoms with Crippen LogP contribution in [0.5, 0.6) is 0 Å². The van der Waals surface area contributed by atoms with Crippen LogP contribution in [-0.2, 0) is 4.79 Å². The molecule has 0 fully saturated rings. The second-order valence-corrected chi connectivity index (χ2v) is 0.913. The molecule has 0 aliphatic carbocycles. The van der Waals surface area contributed by atoms with Gasteiger partial charge in [0.2, 0.25) is 6.08 Å². The summed E-state index contributed by atoms with van der Waals surface area (Å²) < 4.78 is 3.08. The van der Waals surface area contributed by atoms with Crippen molar-refractivity contribution in [1.29, 1.82) is 0 Å². The molecule has 0 heterocycles. The van der Waals surface area contributed by atoms with E-state index in [1.54, 1.807) is 6.26 Å². The number of carbonyl (C=O) groups excluding carboxylic acids is 1. The van der Waals surface area contributed by atoms with Crippen LogP contribution in [0.3, 0.4) is 0 Å².